The lowest BCUT2D eigenvalue weighted by Crippen LogP contribution is -2.14. The van der Waals surface area contributed by atoms with E-state index in [1.54, 1.807) is 18.2 Å². The summed E-state index contributed by atoms with van der Waals surface area (Å²) in [4.78, 5) is 16.9. The molecule has 3 aromatic rings. The van der Waals surface area contributed by atoms with Crippen LogP contribution in [0.3, 0.4) is 0 Å². The highest BCUT2D eigenvalue weighted by Gasteiger charge is 2.15. The molecule has 3 rings (SSSR count). The molecule has 2 aromatic heterocycles. The van der Waals surface area contributed by atoms with Crippen molar-refractivity contribution in [1.29, 1.82) is 0 Å². The van der Waals surface area contributed by atoms with Crippen LogP contribution < -0.4 is 5.32 Å². The summed E-state index contributed by atoms with van der Waals surface area (Å²) in [7, 11) is 0. The fraction of sp³-hybridized carbons (Fsp3) is 0.0714. The zero-order valence-corrected chi connectivity index (χ0v) is 12.6. The maximum absolute atomic E-state index is 12.3. The van der Waals surface area contributed by atoms with Gasteiger partial charge in [-0.05, 0) is 36.1 Å². The van der Waals surface area contributed by atoms with E-state index in [0.717, 1.165) is 5.56 Å². The zero-order chi connectivity index (χ0) is 14.8. The molecule has 0 aliphatic rings. The van der Waals surface area contributed by atoms with Gasteiger partial charge in [0.15, 0.2) is 0 Å². The molecule has 0 atom stereocenters. The van der Waals surface area contributed by atoms with E-state index < -0.39 is 0 Å². The maximum Gasteiger partial charge on any atom is 0.266 e. The minimum absolute atomic E-state index is 0.161. The molecule has 0 spiro atoms. The first-order valence-electron chi connectivity index (χ1n) is 6.16. The molecule has 21 heavy (non-hydrogen) atoms. The topological polar surface area (TPSA) is 59.8 Å². The molecule has 0 aliphatic carbocycles. The molecule has 0 unspecified atom stereocenters. The lowest BCUT2D eigenvalue weighted by atomic mass is 10.2. The van der Waals surface area contributed by atoms with E-state index in [1.165, 1.54) is 28.7 Å². The number of hydrogen-bond donors (Lipinski definition) is 1. The quantitative estimate of drug-likeness (QED) is 0.803. The van der Waals surface area contributed by atoms with Crippen molar-refractivity contribution in [1.82, 2.24) is 14.8 Å². The van der Waals surface area contributed by atoms with Crippen LogP contribution in [0, 0.1) is 6.92 Å². The van der Waals surface area contributed by atoms with E-state index in [4.69, 9.17) is 11.6 Å². The molecule has 0 saturated carbocycles. The number of carbonyl (C=O) groups excluding carboxylic acids is 1. The van der Waals surface area contributed by atoms with Gasteiger partial charge in [-0.2, -0.15) is 5.10 Å². The molecule has 0 saturated heterocycles. The summed E-state index contributed by atoms with van der Waals surface area (Å²) in [5.41, 5.74) is 2.13. The van der Waals surface area contributed by atoms with Crippen LogP contribution in [0.25, 0.3) is 5.69 Å². The molecular weight excluding hydrogens is 308 g/mol. The Balaban J connectivity index is 1.98. The number of rotatable bonds is 3. The number of aromatic nitrogens is 3. The largest absolute Gasteiger partial charge is 0.319 e. The summed E-state index contributed by atoms with van der Waals surface area (Å²) >= 11 is 7.63. The van der Waals surface area contributed by atoms with Gasteiger partial charge in [-0.1, -0.05) is 17.7 Å². The number of benzene rings is 1. The number of amides is 1. The summed E-state index contributed by atoms with van der Waals surface area (Å²) in [6, 6.07) is 7.21. The predicted octanol–water partition coefficient (Wildman–Crippen LogP) is 3.54. The maximum atomic E-state index is 12.3. The average molecular weight is 319 g/mol. The van der Waals surface area contributed by atoms with Crippen molar-refractivity contribution in [2.24, 2.45) is 0 Å². The third-order valence-corrected chi connectivity index (χ3v) is 4.27. The van der Waals surface area contributed by atoms with Crippen LogP contribution in [-0.2, 0) is 0 Å². The lowest BCUT2D eigenvalue weighted by molar-refractivity contribution is 0.103. The van der Waals surface area contributed by atoms with Crippen molar-refractivity contribution in [2.75, 3.05) is 5.32 Å². The van der Waals surface area contributed by atoms with Gasteiger partial charge in [0.05, 0.1) is 15.6 Å². The van der Waals surface area contributed by atoms with Crippen LogP contribution in [0.5, 0.6) is 0 Å². The third kappa shape index (κ3) is 2.68. The standard InChI is InChI=1S/C14H11ClN4OS/c1-9-5-6-21-13(9)14(20)18-11-4-2-3-10(15)12(11)19-8-16-7-17-19/h2-8H,1H3,(H,18,20). The lowest BCUT2D eigenvalue weighted by Gasteiger charge is -2.12. The van der Waals surface area contributed by atoms with Gasteiger partial charge in [-0.25, -0.2) is 9.67 Å². The molecule has 1 amide bonds. The Hall–Kier alpha value is -2.18. The second-order valence-corrected chi connectivity index (χ2v) is 5.69. The zero-order valence-electron chi connectivity index (χ0n) is 11.1. The fourth-order valence-corrected chi connectivity index (χ4v) is 3.04. The summed E-state index contributed by atoms with van der Waals surface area (Å²) in [5.74, 6) is -0.161. The summed E-state index contributed by atoms with van der Waals surface area (Å²) in [6.07, 6.45) is 2.95. The van der Waals surface area contributed by atoms with E-state index in [0.29, 0.717) is 21.3 Å². The molecule has 0 radical (unpaired) electrons. The molecule has 0 fully saturated rings. The first-order valence-corrected chi connectivity index (χ1v) is 7.41. The van der Waals surface area contributed by atoms with E-state index in [1.807, 2.05) is 18.4 Å². The number of hydrogen-bond acceptors (Lipinski definition) is 4. The highest BCUT2D eigenvalue weighted by molar-refractivity contribution is 7.12. The van der Waals surface area contributed by atoms with Crippen LogP contribution in [0.2, 0.25) is 5.02 Å². The minimum atomic E-state index is -0.161. The SMILES string of the molecule is Cc1ccsc1C(=O)Nc1cccc(Cl)c1-n1cncn1. The molecule has 1 aromatic carbocycles. The number of nitrogens with zero attached hydrogens (tertiary/aromatic N) is 3. The van der Waals surface area contributed by atoms with Crippen molar-refractivity contribution >= 4 is 34.5 Å². The highest BCUT2D eigenvalue weighted by Crippen LogP contribution is 2.28. The number of carbonyl (C=O) groups is 1. The molecule has 0 bridgehead atoms. The number of aryl methyl sites for hydroxylation is 1. The van der Waals surface area contributed by atoms with Gasteiger partial charge >= 0.3 is 0 Å². The van der Waals surface area contributed by atoms with Crippen LogP contribution in [0.15, 0.2) is 42.3 Å². The van der Waals surface area contributed by atoms with Gasteiger partial charge < -0.3 is 5.32 Å². The second-order valence-electron chi connectivity index (χ2n) is 4.36. The Morgan fingerprint density at radius 2 is 2.24 bits per heavy atom. The molecule has 0 aliphatic heterocycles. The number of para-hydroxylation sites is 1. The first kappa shape index (κ1) is 13.8. The van der Waals surface area contributed by atoms with Crippen molar-refractivity contribution in [3.05, 3.63) is 57.8 Å². The first-order chi connectivity index (χ1) is 10.2. The third-order valence-electron chi connectivity index (χ3n) is 2.95. The highest BCUT2D eigenvalue weighted by atomic mass is 35.5. The molecule has 2 heterocycles. The number of halogens is 1. The molecular formula is C14H11ClN4OS. The summed E-state index contributed by atoms with van der Waals surface area (Å²) < 4.78 is 1.53. The number of nitrogens with one attached hydrogen (secondary N) is 1. The molecule has 7 heteroatoms. The minimum Gasteiger partial charge on any atom is -0.319 e. The van der Waals surface area contributed by atoms with Gasteiger partial charge in [-0.15, -0.1) is 11.3 Å². The van der Waals surface area contributed by atoms with Crippen LogP contribution >= 0.6 is 22.9 Å². The molecule has 5 nitrogen and oxygen atoms in total. The second kappa shape index (κ2) is 5.67. The van der Waals surface area contributed by atoms with E-state index >= 15 is 0 Å². The Morgan fingerprint density at radius 1 is 1.38 bits per heavy atom. The fourth-order valence-electron chi connectivity index (χ4n) is 1.96. The summed E-state index contributed by atoms with van der Waals surface area (Å²) in [6.45, 7) is 1.90. The van der Waals surface area contributed by atoms with Crippen molar-refractivity contribution in [3.8, 4) is 5.69 Å². The van der Waals surface area contributed by atoms with Gasteiger partial charge in [0, 0.05) is 0 Å². The van der Waals surface area contributed by atoms with Crippen LogP contribution in [0.4, 0.5) is 5.69 Å². The van der Waals surface area contributed by atoms with Crippen molar-refractivity contribution in [3.63, 3.8) is 0 Å². The Labute approximate surface area is 130 Å². The van der Waals surface area contributed by atoms with Gasteiger partial charge in [0.1, 0.15) is 18.3 Å². The average Bonchev–Trinajstić information content (AvgIpc) is 3.10. The van der Waals surface area contributed by atoms with Crippen molar-refractivity contribution < 1.29 is 4.79 Å². The molecule has 106 valence electrons. The monoisotopic (exact) mass is 318 g/mol. The van der Waals surface area contributed by atoms with E-state index in [-0.39, 0.29) is 5.91 Å². The van der Waals surface area contributed by atoms with Crippen LogP contribution in [-0.4, -0.2) is 20.7 Å². The molecule has 1 N–H and O–H groups in total. The van der Waals surface area contributed by atoms with Gasteiger partial charge in [0.25, 0.3) is 5.91 Å². The van der Waals surface area contributed by atoms with Gasteiger partial charge in [0.2, 0.25) is 0 Å². The number of anilines is 1. The normalized spacial score (nSPS) is 10.6. The Morgan fingerprint density at radius 3 is 2.90 bits per heavy atom. The van der Waals surface area contributed by atoms with E-state index in [2.05, 4.69) is 15.4 Å². The van der Waals surface area contributed by atoms with Gasteiger partial charge in [-0.3, -0.25) is 4.79 Å². The predicted molar refractivity (Wildman–Crippen MR) is 83.4 cm³/mol. The summed E-state index contributed by atoms with van der Waals surface area (Å²) in [5, 5.41) is 9.33. The smallest absolute Gasteiger partial charge is 0.266 e. The number of thiophene rings is 1. The van der Waals surface area contributed by atoms with Crippen molar-refractivity contribution in [2.45, 2.75) is 6.92 Å². The van der Waals surface area contributed by atoms with Crippen LogP contribution in [0.1, 0.15) is 15.2 Å². The van der Waals surface area contributed by atoms with E-state index in [9.17, 15) is 4.79 Å². The Bertz CT molecular complexity index is 782. The Kier molecular flexibility index (Phi) is 3.72.